The zero-order valence-electron chi connectivity index (χ0n) is 16.9. The molecule has 1 aromatic heterocycles. The maximum Gasteiger partial charge on any atom is 0.314 e. The second-order valence-corrected chi connectivity index (χ2v) is 7.07. The van der Waals surface area contributed by atoms with Gasteiger partial charge in [-0.1, -0.05) is 6.07 Å². The Balaban J connectivity index is 1.67. The van der Waals surface area contributed by atoms with Gasteiger partial charge >= 0.3 is 5.97 Å². The van der Waals surface area contributed by atoms with Gasteiger partial charge in [-0.3, -0.25) is 30.1 Å². The van der Waals surface area contributed by atoms with E-state index in [0.29, 0.717) is 23.6 Å². The highest BCUT2D eigenvalue weighted by molar-refractivity contribution is 6.07. The fraction of sp³-hybridized carbons (Fsp3) is 0.238. The molecule has 0 bridgehead atoms. The summed E-state index contributed by atoms with van der Waals surface area (Å²) >= 11 is 0. The Hall–Kier alpha value is -3.88. The molecule has 0 fully saturated rings. The number of benzene rings is 1. The van der Waals surface area contributed by atoms with Gasteiger partial charge in [-0.2, -0.15) is 0 Å². The molecule has 3 heterocycles. The number of aryl methyl sites for hydroxylation is 1. The molecule has 2 aliphatic rings. The lowest BCUT2D eigenvalue weighted by molar-refractivity contribution is -0.144. The lowest BCUT2D eigenvalue weighted by atomic mass is 10.0. The molecule has 1 atom stereocenters. The summed E-state index contributed by atoms with van der Waals surface area (Å²) in [5.74, 6) is -0.451. The summed E-state index contributed by atoms with van der Waals surface area (Å²) in [6.45, 7) is 4.24. The van der Waals surface area contributed by atoms with Crippen molar-refractivity contribution in [2.24, 2.45) is 15.9 Å². The van der Waals surface area contributed by atoms with E-state index < -0.39 is 0 Å². The van der Waals surface area contributed by atoms with Gasteiger partial charge in [0.05, 0.1) is 25.3 Å². The van der Waals surface area contributed by atoms with Crippen molar-refractivity contribution in [1.29, 1.82) is 0 Å². The van der Waals surface area contributed by atoms with Gasteiger partial charge < -0.3 is 4.74 Å². The molecule has 30 heavy (non-hydrogen) atoms. The summed E-state index contributed by atoms with van der Waals surface area (Å²) in [4.78, 5) is 33.7. The quantitative estimate of drug-likeness (QED) is 0.758. The molecule has 1 aromatic carbocycles. The predicted molar refractivity (Wildman–Crippen MR) is 113 cm³/mol. The minimum atomic E-state index is -0.385. The van der Waals surface area contributed by atoms with Crippen molar-refractivity contribution >= 4 is 29.7 Å². The van der Waals surface area contributed by atoms with Gasteiger partial charge in [-0.25, -0.2) is 9.98 Å². The fourth-order valence-electron chi connectivity index (χ4n) is 3.48. The average molecular weight is 406 g/mol. The third-order valence-corrected chi connectivity index (χ3v) is 5.16. The molecule has 2 aromatic rings. The molecule has 4 rings (SSSR count). The van der Waals surface area contributed by atoms with Crippen molar-refractivity contribution in [2.75, 3.05) is 19.1 Å². The van der Waals surface area contributed by atoms with E-state index in [0.717, 1.165) is 16.8 Å². The van der Waals surface area contributed by atoms with E-state index in [1.165, 1.54) is 13.4 Å². The lowest BCUT2D eigenvalue weighted by Gasteiger charge is -2.25. The number of hydrazine groups is 1. The normalized spacial score (nSPS) is 19.0. The first kappa shape index (κ1) is 19.4. The summed E-state index contributed by atoms with van der Waals surface area (Å²) in [7, 11) is 1.38. The van der Waals surface area contributed by atoms with Gasteiger partial charge in [0.15, 0.2) is 5.84 Å². The first-order valence-electron chi connectivity index (χ1n) is 9.47. The molecular weight excluding hydrogens is 384 g/mol. The highest BCUT2D eigenvalue weighted by Crippen LogP contribution is 2.31. The molecule has 0 aliphatic carbocycles. The van der Waals surface area contributed by atoms with Crippen LogP contribution in [0.25, 0.3) is 0 Å². The number of hydrogen-bond acceptors (Lipinski definition) is 6. The number of rotatable bonds is 4. The van der Waals surface area contributed by atoms with E-state index in [-0.39, 0.29) is 17.8 Å². The number of carbonyl (C=O) groups is 2. The smallest absolute Gasteiger partial charge is 0.314 e. The van der Waals surface area contributed by atoms with Gasteiger partial charge in [0.2, 0.25) is 0 Å². The van der Waals surface area contributed by atoms with Gasteiger partial charge in [-0.15, -0.1) is 0 Å². The van der Waals surface area contributed by atoms with Crippen molar-refractivity contribution < 1.29 is 14.3 Å². The molecule has 1 unspecified atom stereocenters. The van der Waals surface area contributed by atoms with Crippen LogP contribution >= 0.6 is 0 Å². The minimum absolute atomic E-state index is 0.245. The number of aliphatic imine (C=N–C) groups is 2. The van der Waals surface area contributed by atoms with E-state index in [2.05, 4.69) is 15.8 Å². The molecule has 2 aliphatic heterocycles. The molecule has 0 radical (unpaired) electrons. The summed E-state index contributed by atoms with van der Waals surface area (Å²) in [6, 6.07) is 8.98. The van der Waals surface area contributed by atoms with Crippen molar-refractivity contribution in [1.82, 2.24) is 15.1 Å². The Morgan fingerprint density at radius 2 is 2.03 bits per heavy atom. The second-order valence-electron chi connectivity index (χ2n) is 7.07. The van der Waals surface area contributed by atoms with Crippen LogP contribution in [0.5, 0.6) is 0 Å². The predicted octanol–water partition coefficient (Wildman–Crippen LogP) is 2.14. The molecule has 0 saturated heterocycles. The van der Waals surface area contributed by atoms with Crippen molar-refractivity contribution in [2.45, 2.75) is 13.8 Å². The Morgan fingerprint density at radius 3 is 2.77 bits per heavy atom. The minimum Gasteiger partial charge on any atom is -0.469 e. The van der Waals surface area contributed by atoms with Crippen LogP contribution in [0.4, 0.5) is 5.69 Å². The SMILES string of the molecule is COC(=O)C1CN2NC=NC(=Nc3cc(C(=O)Nn4cccc4)ccc3C)C2=C1C. The Bertz CT molecular complexity index is 1080. The number of aromatic nitrogens is 1. The van der Waals surface area contributed by atoms with Crippen LogP contribution in [0.2, 0.25) is 0 Å². The number of esters is 1. The van der Waals surface area contributed by atoms with Crippen molar-refractivity contribution in [3.05, 3.63) is 65.1 Å². The van der Waals surface area contributed by atoms with Gasteiger partial charge in [-0.05, 0) is 49.2 Å². The lowest BCUT2D eigenvalue weighted by Crippen LogP contribution is -2.41. The number of amides is 1. The van der Waals surface area contributed by atoms with Crippen LogP contribution in [0.1, 0.15) is 22.8 Å². The number of ether oxygens (including phenoxy) is 1. The summed E-state index contributed by atoms with van der Waals surface area (Å²) in [6.07, 6.45) is 5.03. The Morgan fingerprint density at radius 1 is 1.27 bits per heavy atom. The molecule has 154 valence electrons. The van der Waals surface area contributed by atoms with Crippen molar-refractivity contribution in [3.63, 3.8) is 0 Å². The third kappa shape index (κ3) is 3.57. The average Bonchev–Trinajstić information content (AvgIpc) is 3.37. The Labute approximate surface area is 173 Å². The van der Waals surface area contributed by atoms with E-state index in [1.807, 2.05) is 37.1 Å². The molecule has 0 spiro atoms. The third-order valence-electron chi connectivity index (χ3n) is 5.16. The first-order chi connectivity index (χ1) is 14.5. The molecule has 9 heteroatoms. The number of nitrogens with one attached hydrogen (secondary N) is 2. The topological polar surface area (TPSA) is 100 Å². The van der Waals surface area contributed by atoms with Crippen molar-refractivity contribution in [3.8, 4) is 0 Å². The largest absolute Gasteiger partial charge is 0.469 e. The first-order valence-corrected chi connectivity index (χ1v) is 9.47. The Kier molecular flexibility index (Phi) is 5.09. The number of amidine groups is 1. The number of methoxy groups -OCH3 is 1. The zero-order valence-corrected chi connectivity index (χ0v) is 16.9. The highest BCUT2D eigenvalue weighted by atomic mass is 16.5. The monoisotopic (exact) mass is 406 g/mol. The summed E-state index contributed by atoms with van der Waals surface area (Å²) < 4.78 is 6.50. The van der Waals surface area contributed by atoms with Crippen LogP contribution in [-0.4, -0.2) is 47.4 Å². The molecule has 0 saturated carbocycles. The zero-order chi connectivity index (χ0) is 21.3. The number of fused-ring (bicyclic) bond motifs is 1. The van der Waals surface area contributed by atoms with Crippen LogP contribution in [0, 0.1) is 12.8 Å². The number of carbonyl (C=O) groups excluding carboxylic acids is 2. The highest BCUT2D eigenvalue weighted by Gasteiger charge is 2.37. The second kappa shape index (κ2) is 7.86. The van der Waals surface area contributed by atoms with Gasteiger partial charge in [0, 0.05) is 18.0 Å². The standard InChI is InChI=1S/C21H22N6O3/c1-13-6-7-15(20(28)25-26-8-4-5-9-26)10-17(13)24-19-18-14(2)16(21(29)30-3)11-27(18)23-12-22-19/h4-10,12,16H,11H2,1-3H3,(H,25,28)(H,22,23,24). The molecule has 9 nitrogen and oxygen atoms in total. The van der Waals surface area contributed by atoms with E-state index in [9.17, 15) is 9.59 Å². The van der Waals surface area contributed by atoms with Gasteiger partial charge in [0.1, 0.15) is 12.0 Å². The van der Waals surface area contributed by atoms with E-state index in [1.54, 1.807) is 29.2 Å². The summed E-state index contributed by atoms with van der Waals surface area (Å²) in [5.41, 5.74) is 9.41. The molecule has 1 amide bonds. The van der Waals surface area contributed by atoms with Gasteiger partial charge in [0.25, 0.3) is 5.91 Å². The van der Waals surface area contributed by atoms with Crippen LogP contribution in [0.15, 0.2) is 64.0 Å². The number of nitrogens with zero attached hydrogens (tertiary/aromatic N) is 4. The molecular formula is C21H22N6O3. The van der Waals surface area contributed by atoms with E-state index in [4.69, 9.17) is 9.73 Å². The summed E-state index contributed by atoms with van der Waals surface area (Å²) in [5, 5.41) is 1.83. The number of hydrogen-bond donors (Lipinski definition) is 2. The maximum atomic E-state index is 12.6. The van der Waals surface area contributed by atoms with Crippen LogP contribution < -0.4 is 10.9 Å². The molecule has 2 N–H and O–H groups in total. The van der Waals surface area contributed by atoms with E-state index >= 15 is 0 Å². The maximum absolute atomic E-state index is 12.6. The fourth-order valence-corrected chi connectivity index (χ4v) is 3.48. The van der Waals surface area contributed by atoms with Crippen LogP contribution in [-0.2, 0) is 9.53 Å². The van der Waals surface area contributed by atoms with Crippen LogP contribution in [0.3, 0.4) is 0 Å².